The van der Waals surface area contributed by atoms with E-state index in [9.17, 15) is 8.60 Å². The molecule has 0 saturated carbocycles. The van der Waals surface area contributed by atoms with Crippen LogP contribution in [0.4, 0.5) is 10.2 Å². The number of aromatic nitrogens is 3. The second-order valence-electron chi connectivity index (χ2n) is 8.22. The Morgan fingerprint density at radius 3 is 2.58 bits per heavy atom. The van der Waals surface area contributed by atoms with E-state index in [1.54, 1.807) is 30.8 Å². The summed E-state index contributed by atoms with van der Waals surface area (Å²) in [5.41, 5.74) is 3.60. The van der Waals surface area contributed by atoms with Crippen LogP contribution in [0.25, 0.3) is 32.8 Å². The van der Waals surface area contributed by atoms with Gasteiger partial charge in [0.2, 0.25) is 0 Å². The van der Waals surface area contributed by atoms with Crippen molar-refractivity contribution in [2.75, 3.05) is 25.7 Å². The molecule has 3 heterocycles. The first kappa shape index (κ1) is 20.1. The van der Waals surface area contributed by atoms with Gasteiger partial charge < -0.3 is 4.74 Å². The van der Waals surface area contributed by atoms with Gasteiger partial charge in [0, 0.05) is 57.7 Å². The summed E-state index contributed by atoms with van der Waals surface area (Å²) in [6, 6.07) is 10.5. The predicted molar refractivity (Wildman–Crippen MR) is 122 cm³/mol. The molecular formula is C23H23FN4O2S. The Labute approximate surface area is 180 Å². The molecule has 1 aliphatic heterocycles. The molecule has 1 N–H and O–H groups in total. The largest absolute Gasteiger partial charge is 0.381 e. The van der Waals surface area contributed by atoms with Crippen molar-refractivity contribution in [1.82, 2.24) is 15.2 Å². The highest BCUT2D eigenvalue weighted by Crippen LogP contribution is 2.42. The molecular weight excluding hydrogens is 415 g/mol. The number of fused-ring (bicyclic) bond motifs is 2. The van der Waals surface area contributed by atoms with E-state index in [0.717, 1.165) is 51.3 Å². The van der Waals surface area contributed by atoms with Crippen molar-refractivity contribution in [1.29, 1.82) is 0 Å². The van der Waals surface area contributed by atoms with E-state index in [1.165, 1.54) is 12.1 Å². The number of hydrogen-bond acceptors (Lipinski definition) is 5. The van der Waals surface area contributed by atoms with Gasteiger partial charge in [-0.05, 0) is 48.1 Å². The van der Waals surface area contributed by atoms with Crippen molar-refractivity contribution in [3.05, 3.63) is 54.1 Å². The van der Waals surface area contributed by atoms with Crippen LogP contribution in [0.5, 0.6) is 0 Å². The number of H-pyrrole nitrogens is 1. The minimum atomic E-state index is -2.43. The van der Waals surface area contributed by atoms with Crippen molar-refractivity contribution in [3.8, 4) is 11.1 Å². The zero-order valence-electron chi connectivity index (χ0n) is 17.4. The van der Waals surface area contributed by atoms with Gasteiger partial charge in [-0.25, -0.2) is 13.6 Å². The average Bonchev–Trinajstić information content (AvgIpc) is 3.20. The highest BCUT2D eigenvalue weighted by Gasteiger charge is 2.25. The fraction of sp³-hybridized carbons (Fsp3) is 0.304. The zero-order valence-corrected chi connectivity index (χ0v) is 18.2. The summed E-state index contributed by atoms with van der Waals surface area (Å²) >= 11 is 0. The molecule has 31 heavy (non-hydrogen) atoms. The third-order valence-corrected chi connectivity index (χ3v) is 6.23. The number of rotatable bonds is 3. The van der Waals surface area contributed by atoms with Crippen LogP contribution in [0, 0.1) is 5.82 Å². The lowest BCUT2D eigenvalue weighted by Crippen LogP contribution is -2.16. The number of pyridine rings is 1. The first-order chi connectivity index (χ1) is 14.9. The number of nitrogens with one attached hydrogen (secondary N) is 1. The van der Waals surface area contributed by atoms with E-state index in [0.29, 0.717) is 19.0 Å². The summed E-state index contributed by atoms with van der Waals surface area (Å²) < 4.78 is 36.4. The van der Waals surface area contributed by atoms with Gasteiger partial charge in [0.25, 0.3) is 0 Å². The van der Waals surface area contributed by atoms with Crippen molar-refractivity contribution in [3.63, 3.8) is 0 Å². The van der Waals surface area contributed by atoms with Crippen LogP contribution < -0.4 is 0 Å². The molecule has 0 radical (unpaired) electrons. The molecule has 0 bridgehead atoms. The molecule has 2 aromatic heterocycles. The topological polar surface area (TPSA) is 80.2 Å². The van der Waals surface area contributed by atoms with Gasteiger partial charge in [-0.1, -0.05) is 12.1 Å². The fourth-order valence-electron chi connectivity index (χ4n) is 4.22. The van der Waals surface area contributed by atoms with Crippen LogP contribution in [0.3, 0.4) is 0 Å². The van der Waals surface area contributed by atoms with Crippen LogP contribution in [0.2, 0.25) is 0 Å². The Kier molecular flexibility index (Phi) is 4.98. The summed E-state index contributed by atoms with van der Waals surface area (Å²) in [4.78, 5) is 4.97. The Morgan fingerprint density at radius 2 is 1.87 bits per heavy atom. The Balaban J connectivity index is 1.91. The molecule has 1 aliphatic rings. The minimum Gasteiger partial charge on any atom is -0.381 e. The minimum absolute atomic E-state index is 0.178. The third kappa shape index (κ3) is 3.93. The standard InChI is InChI=1S/C23H23FN4O2S/c1-31(2,29)28-23-19-12-20-16(13-25-27-20)11-18(19)21(14-3-5-17(24)6-4-14)22(26-23)15-7-9-30-10-8-15/h3-6,11-13,15H,7-10H2,1-2H3,(H,25,27). The first-order valence-electron chi connectivity index (χ1n) is 10.2. The zero-order chi connectivity index (χ0) is 21.6. The molecule has 1 fully saturated rings. The Bertz CT molecular complexity index is 1390. The smallest absolute Gasteiger partial charge is 0.169 e. The molecule has 0 aliphatic carbocycles. The van der Waals surface area contributed by atoms with Gasteiger partial charge in [-0.3, -0.25) is 5.10 Å². The van der Waals surface area contributed by atoms with Crippen molar-refractivity contribution >= 4 is 37.2 Å². The van der Waals surface area contributed by atoms with Crippen LogP contribution in [0.15, 0.2) is 47.0 Å². The summed E-state index contributed by atoms with van der Waals surface area (Å²) in [6.45, 7) is 1.33. The highest BCUT2D eigenvalue weighted by atomic mass is 32.2. The molecule has 0 amide bonds. The number of benzene rings is 2. The van der Waals surface area contributed by atoms with Crippen LogP contribution in [-0.2, 0) is 14.5 Å². The van der Waals surface area contributed by atoms with E-state index < -0.39 is 9.73 Å². The lowest BCUT2D eigenvalue weighted by molar-refractivity contribution is 0.0847. The number of hydrogen-bond donors (Lipinski definition) is 1. The van der Waals surface area contributed by atoms with Gasteiger partial charge in [0.15, 0.2) is 5.82 Å². The molecule has 2 aromatic carbocycles. The molecule has 1 saturated heterocycles. The second-order valence-corrected chi connectivity index (χ2v) is 10.8. The molecule has 6 nitrogen and oxygen atoms in total. The fourth-order valence-corrected chi connectivity index (χ4v) is 4.77. The van der Waals surface area contributed by atoms with Crippen molar-refractivity contribution in [2.24, 2.45) is 4.36 Å². The maximum absolute atomic E-state index is 13.7. The third-order valence-electron chi connectivity index (χ3n) is 5.62. The summed E-state index contributed by atoms with van der Waals surface area (Å²) in [6.07, 6.45) is 6.67. The molecule has 4 aromatic rings. The molecule has 160 valence electrons. The highest BCUT2D eigenvalue weighted by molar-refractivity contribution is 7.92. The number of nitrogens with zero attached hydrogens (tertiary/aromatic N) is 3. The number of ether oxygens (including phenoxy) is 1. The van der Waals surface area contributed by atoms with Gasteiger partial charge in [-0.2, -0.15) is 9.46 Å². The molecule has 8 heteroatoms. The summed E-state index contributed by atoms with van der Waals surface area (Å²) in [5.74, 6) is 0.361. The van der Waals surface area contributed by atoms with Gasteiger partial charge in [0.1, 0.15) is 5.82 Å². The second kappa shape index (κ2) is 7.69. The molecule has 0 atom stereocenters. The summed E-state index contributed by atoms with van der Waals surface area (Å²) in [5, 5.41) is 9.84. The number of aromatic amines is 1. The van der Waals surface area contributed by atoms with E-state index in [2.05, 4.69) is 20.6 Å². The molecule has 5 rings (SSSR count). The van der Waals surface area contributed by atoms with E-state index in [1.807, 2.05) is 6.07 Å². The lowest BCUT2D eigenvalue weighted by Gasteiger charge is -2.25. The maximum Gasteiger partial charge on any atom is 0.169 e. The predicted octanol–water partition coefficient (Wildman–Crippen LogP) is 5.17. The monoisotopic (exact) mass is 438 g/mol. The van der Waals surface area contributed by atoms with Crippen molar-refractivity contribution < 1.29 is 13.3 Å². The van der Waals surface area contributed by atoms with E-state index in [-0.39, 0.29) is 11.7 Å². The summed E-state index contributed by atoms with van der Waals surface area (Å²) in [7, 11) is -2.43. The van der Waals surface area contributed by atoms with Gasteiger partial charge >= 0.3 is 0 Å². The van der Waals surface area contributed by atoms with Gasteiger partial charge in [0.05, 0.1) is 17.4 Å². The Morgan fingerprint density at radius 1 is 1.13 bits per heavy atom. The number of halogens is 1. The SMILES string of the molecule is CS(C)(=O)=Nc1nc(C2CCOCC2)c(-c2ccc(F)cc2)c2cc3cn[nH]c3cc12. The van der Waals surface area contributed by atoms with Gasteiger partial charge in [-0.15, -0.1) is 0 Å². The normalized spacial score (nSPS) is 15.6. The molecule has 0 unspecified atom stereocenters. The quantitative estimate of drug-likeness (QED) is 0.478. The van der Waals surface area contributed by atoms with Crippen molar-refractivity contribution in [2.45, 2.75) is 18.8 Å². The average molecular weight is 439 g/mol. The lowest BCUT2D eigenvalue weighted by atomic mass is 9.87. The Hall–Kier alpha value is -2.84. The first-order valence-corrected chi connectivity index (χ1v) is 12.5. The van der Waals surface area contributed by atoms with E-state index in [4.69, 9.17) is 9.72 Å². The molecule has 0 spiro atoms. The maximum atomic E-state index is 13.7. The van der Waals surface area contributed by atoms with E-state index >= 15 is 0 Å². The van der Waals surface area contributed by atoms with Crippen LogP contribution in [-0.4, -0.2) is 45.1 Å². The van der Waals surface area contributed by atoms with Crippen LogP contribution in [0.1, 0.15) is 24.5 Å². The van der Waals surface area contributed by atoms with Crippen LogP contribution >= 0.6 is 0 Å².